The van der Waals surface area contributed by atoms with Gasteiger partial charge in [-0.2, -0.15) is 0 Å². The van der Waals surface area contributed by atoms with Gasteiger partial charge in [-0.1, -0.05) is 26.8 Å². The molecular formula is C19H21N3O2. The highest BCUT2D eigenvalue weighted by Crippen LogP contribution is 2.31. The third-order valence-corrected chi connectivity index (χ3v) is 4.00. The molecule has 3 aromatic rings. The van der Waals surface area contributed by atoms with Gasteiger partial charge < -0.3 is 10.2 Å². The molecule has 0 aliphatic rings. The fourth-order valence-electron chi connectivity index (χ4n) is 2.63. The third-order valence-electron chi connectivity index (χ3n) is 4.00. The fraction of sp³-hybridized carbons (Fsp3) is 0.316. The normalized spacial score (nSPS) is 11.3. The summed E-state index contributed by atoms with van der Waals surface area (Å²) in [6.07, 6.45) is 2.65. The highest BCUT2D eigenvalue weighted by Gasteiger charge is 2.15. The first-order chi connectivity index (χ1) is 11.5. The summed E-state index contributed by atoms with van der Waals surface area (Å²) in [4.78, 5) is 20.4. The van der Waals surface area contributed by atoms with Crippen LogP contribution in [0.1, 0.15) is 44.2 Å². The number of anilines is 1. The smallest absolute Gasteiger partial charge is 0.246 e. The number of nitrogens with two attached hydrogens (primary N) is 1. The molecule has 0 atom stereocenters. The standard InChI is InChI=1S/C19H21N3O2/c1-4-14(23)7-12-5-6-16(21-10-12)19-22-17-9-13(20)8-15(11(2)3)18(17)24-19/h5-6,8-11H,4,7,20H2,1-3H3. The van der Waals surface area contributed by atoms with E-state index in [2.05, 4.69) is 23.8 Å². The maximum Gasteiger partial charge on any atom is 0.246 e. The van der Waals surface area contributed by atoms with E-state index in [1.807, 2.05) is 31.2 Å². The number of ketones is 1. The van der Waals surface area contributed by atoms with E-state index in [4.69, 9.17) is 10.2 Å². The first-order valence-corrected chi connectivity index (χ1v) is 8.15. The number of carbonyl (C=O) groups is 1. The Morgan fingerprint density at radius 2 is 2.08 bits per heavy atom. The van der Waals surface area contributed by atoms with Crippen LogP contribution < -0.4 is 5.73 Å². The number of fused-ring (bicyclic) bond motifs is 1. The summed E-state index contributed by atoms with van der Waals surface area (Å²) < 4.78 is 5.95. The molecule has 0 radical (unpaired) electrons. The van der Waals surface area contributed by atoms with Crippen LogP contribution in [0.2, 0.25) is 0 Å². The number of nitrogen functional groups attached to an aromatic ring is 1. The molecule has 2 N–H and O–H groups in total. The van der Waals surface area contributed by atoms with Gasteiger partial charge in [0.15, 0.2) is 5.58 Å². The number of Topliss-reactive ketones (excluding diaryl/α,β-unsaturated/α-hetero) is 1. The Morgan fingerprint density at radius 3 is 2.71 bits per heavy atom. The molecule has 2 heterocycles. The number of oxazole rings is 1. The Hall–Kier alpha value is -2.69. The van der Waals surface area contributed by atoms with Crippen molar-refractivity contribution in [3.05, 3.63) is 41.6 Å². The van der Waals surface area contributed by atoms with Gasteiger partial charge in [0.25, 0.3) is 0 Å². The molecule has 0 saturated heterocycles. The molecule has 24 heavy (non-hydrogen) atoms. The zero-order valence-corrected chi connectivity index (χ0v) is 14.2. The molecule has 0 aliphatic heterocycles. The van der Waals surface area contributed by atoms with E-state index in [0.29, 0.717) is 30.1 Å². The second-order valence-electron chi connectivity index (χ2n) is 6.25. The number of hydrogen-bond acceptors (Lipinski definition) is 5. The lowest BCUT2D eigenvalue weighted by atomic mass is 10.0. The zero-order valence-electron chi connectivity index (χ0n) is 14.2. The zero-order chi connectivity index (χ0) is 17.3. The van der Waals surface area contributed by atoms with Crippen molar-refractivity contribution in [1.29, 1.82) is 0 Å². The Bertz CT molecular complexity index is 880. The molecule has 0 amide bonds. The molecule has 3 rings (SSSR count). The predicted molar refractivity (Wildman–Crippen MR) is 94.7 cm³/mol. The van der Waals surface area contributed by atoms with Crippen molar-refractivity contribution in [2.45, 2.75) is 39.5 Å². The molecule has 5 nitrogen and oxygen atoms in total. The molecule has 0 saturated carbocycles. The highest BCUT2D eigenvalue weighted by atomic mass is 16.3. The van der Waals surface area contributed by atoms with Gasteiger partial charge in [0.1, 0.15) is 17.0 Å². The monoisotopic (exact) mass is 323 g/mol. The van der Waals surface area contributed by atoms with E-state index >= 15 is 0 Å². The minimum absolute atomic E-state index is 0.198. The van der Waals surface area contributed by atoms with Crippen LogP contribution in [-0.4, -0.2) is 15.8 Å². The van der Waals surface area contributed by atoms with Gasteiger partial charge >= 0.3 is 0 Å². The van der Waals surface area contributed by atoms with Gasteiger partial charge in [0.2, 0.25) is 5.89 Å². The van der Waals surface area contributed by atoms with Crippen LogP contribution in [-0.2, 0) is 11.2 Å². The van der Waals surface area contributed by atoms with E-state index in [9.17, 15) is 4.79 Å². The molecule has 0 fully saturated rings. The van der Waals surface area contributed by atoms with Gasteiger partial charge in [-0.15, -0.1) is 0 Å². The number of rotatable bonds is 5. The summed E-state index contributed by atoms with van der Waals surface area (Å²) in [6.45, 7) is 6.04. The van der Waals surface area contributed by atoms with E-state index in [0.717, 1.165) is 22.2 Å². The van der Waals surface area contributed by atoms with Crippen LogP contribution in [0.5, 0.6) is 0 Å². The number of benzene rings is 1. The summed E-state index contributed by atoms with van der Waals surface area (Å²) in [5.41, 5.74) is 10.7. The van der Waals surface area contributed by atoms with Gasteiger partial charge in [-0.3, -0.25) is 9.78 Å². The number of hydrogen-bond donors (Lipinski definition) is 1. The largest absolute Gasteiger partial charge is 0.434 e. The molecule has 2 aromatic heterocycles. The lowest BCUT2D eigenvalue weighted by Gasteiger charge is -2.06. The average Bonchev–Trinajstić information content (AvgIpc) is 2.98. The van der Waals surface area contributed by atoms with E-state index in [-0.39, 0.29) is 11.7 Å². The SMILES string of the molecule is CCC(=O)Cc1ccc(-c2nc3cc(N)cc(C(C)C)c3o2)nc1. The van der Waals surface area contributed by atoms with E-state index in [1.54, 1.807) is 6.20 Å². The Balaban J connectivity index is 1.98. The van der Waals surface area contributed by atoms with E-state index < -0.39 is 0 Å². The topological polar surface area (TPSA) is 82.0 Å². The Labute approximate surface area is 140 Å². The van der Waals surface area contributed by atoms with Gasteiger partial charge in [0, 0.05) is 30.3 Å². The molecular weight excluding hydrogens is 302 g/mol. The lowest BCUT2D eigenvalue weighted by Crippen LogP contribution is -2.00. The maximum atomic E-state index is 11.5. The molecule has 0 spiro atoms. The highest BCUT2D eigenvalue weighted by molar-refractivity contribution is 5.83. The van der Waals surface area contributed by atoms with Crippen molar-refractivity contribution >= 4 is 22.6 Å². The van der Waals surface area contributed by atoms with Gasteiger partial charge in [0.05, 0.1) is 0 Å². The minimum atomic E-state index is 0.198. The third kappa shape index (κ3) is 3.15. The van der Waals surface area contributed by atoms with E-state index in [1.165, 1.54) is 0 Å². The van der Waals surface area contributed by atoms with Crippen LogP contribution in [0.25, 0.3) is 22.7 Å². The fourth-order valence-corrected chi connectivity index (χ4v) is 2.63. The first kappa shape index (κ1) is 16.2. The summed E-state index contributed by atoms with van der Waals surface area (Å²) in [5, 5.41) is 0. The van der Waals surface area contributed by atoms with Gasteiger partial charge in [-0.25, -0.2) is 4.98 Å². The lowest BCUT2D eigenvalue weighted by molar-refractivity contribution is -0.118. The summed E-state index contributed by atoms with van der Waals surface area (Å²) in [6, 6.07) is 7.46. The summed E-state index contributed by atoms with van der Waals surface area (Å²) in [5.74, 6) is 0.946. The molecule has 0 aliphatic carbocycles. The van der Waals surface area contributed by atoms with Crippen molar-refractivity contribution in [2.24, 2.45) is 0 Å². The molecule has 124 valence electrons. The van der Waals surface area contributed by atoms with Crippen molar-refractivity contribution in [3.8, 4) is 11.6 Å². The van der Waals surface area contributed by atoms with Crippen molar-refractivity contribution in [1.82, 2.24) is 9.97 Å². The van der Waals surface area contributed by atoms with Crippen LogP contribution in [0.4, 0.5) is 5.69 Å². The number of nitrogens with zero attached hydrogens (tertiary/aromatic N) is 2. The summed E-state index contributed by atoms with van der Waals surface area (Å²) in [7, 11) is 0. The number of pyridine rings is 1. The van der Waals surface area contributed by atoms with Crippen molar-refractivity contribution in [3.63, 3.8) is 0 Å². The molecule has 0 unspecified atom stereocenters. The molecule has 0 bridgehead atoms. The number of aromatic nitrogens is 2. The first-order valence-electron chi connectivity index (χ1n) is 8.15. The predicted octanol–water partition coefficient (Wildman–Crippen LogP) is 4.12. The average molecular weight is 323 g/mol. The van der Waals surface area contributed by atoms with Crippen LogP contribution in [0.3, 0.4) is 0 Å². The van der Waals surface area contributed by atoms with Crippen molar-refractivity contribution < 1.29 is 9.21 Å². The Kier molecular flexibility index (Phi) is 4.34. The summed E-state index contributed by atoms with van der Waals surface area (Å²) >= 11 is 0. The molecule has 5 heteroatoms. The van der Waals surface area contributed by atoms with Gasteiger partial charge in [-0.05, 0) is 29.7 Å². The molecule has 1 aromatic carbocycles. The van der Waals surface area contributed by atoms with Crippen molar-refractivity contribution in [2.75, 3.05) is 5.73 Å². The number of carbonyl (C=O) groups excluding carboxylic acids is 1. The quantitative estimate of drug-likeness (QED) is 0.714. The second kappa shape index (κ2) is 6.43. The second-order valence-corrected chi connectivity index (χ2v) is 6.25. The van der Waals surface area contributed by atoms with Crippen LogP contribution in [0, 0.1) is 0 Å². The van der Waals surface area contributed by atoms with Crippen LogP contribution >= 0.6 is 0 Å². The minimum Gasteiger partial charge on any atom is -0.434 e. The Morgan fingerprint density at radius 1 is 1.29 bits per heavy atom. The van der Waals surface area contributed by atoms with Crippen LogP contribution in [0.15, 0.2) is 34.9 Å². The maximum absolute atomic E-state index is 11.5.